The number of pyridine rings is 2. The average Bonchev–Trinajstić information content (AvgIpc) is 1.15. The van der Waals surface area contributed by atoms with Crippen molar-refractivity contribution in [1.29, 1.82) is 0 Å². The van der Waals surface area contributed by atoms with E-state index in [0.717, 1.165) is 112 Å². The molecule has 90 heavy (non-hydrogen) atoms. The van der Waals surface area contributed by atoms with Crippen molar-refractivity contribution in [3.63, 3.8) is 0 Å². The zero-order valence-corrected chi connectivity index (χ0v) is 48.7. The van der Waals surface area contributed by atoms with Crippen molar-refractivity contribution >= 4 is 86.7 Å². The number of hydrogen-bond donors (Lipinski definition) is 0. The quantitative estimate of drug-likeness (QED) is 0.135. The normalized spacial score (nSPS) is 11.8. The monoisotopic (exact) mass is 1140 g/mol. The van der Waals surface area contributed by atoms with E-state index in [1.54, 1.807) is 0 Å². The van der Waals surface area contributed by atoms with E-state index in [4.69, 9.17) is 19.9 Å². The van der Waals surface area contributed by atoms with Crippen LogP contribution in [-0.2, 0) is 0 Å². The first-order chi connectivity index (χ1) is 44.6. The van der Waals surface area contributed by atoms with Crippen molar-refractivity contribution in [3.8, 4) is 90.0 Å². The molecule has 0 atom stereocenters. The van der Waals surface area contributed by atoms with Crippen molar-refractivity contribution < 1.29 is 0 Å². The molecule has 4 heterocycles. The van der Waals surface area contributed by atoms with Crippen LogP contribution in [0.4, 0.5) is 0 Å². The molecule has 0 unspecified atom stereocenters. The lowest BCUT2D eigenvalue weighted by Crippen LogP contribution is -2.00. The molecule has 0 N–H and O–H groups in total. The van der Waals surface area contributed by atoms with Gasteiger partial charge in [0, 0.05) is 40.5 Å². The molecule has 0 spiro atoms. The minimum absolute atomic E-state index is 0.803. The highest BCUT2D eigenvalue weighted by atomic mass is 15.1. The van der Waals surface area contributed by atoms with Crippen LogP contribution in [0.25, 0.3) is 177 Å². The SMILES string of the molecule is c1ccc(-n2c(-c3cccc(-c4c5ccccc5c(-c5ccc6cc(-c7cccc(-n8c(-c9cncc(-c%10c%11ccccc%11c(-c%11ccc%12ccccc%12c%11)c%11ccccc%10%11)c9)nc9ccccc98)c7)ccc6c5)c5ccccc45)n3)nc3ccccc32)cc1. The van der Waals surface area contributed by atoms with Crippen LogP contribution in [0.1, 0.15) is 0 Å². The third kappa shape index (κ3) is 8.34. The van der Waals surface area contributed by atoms with E-state index in [9.17, 15) is 0 Å². The van der Waals surface area contributed by atoms with Crippen molar-refractivity contribution in [1.82, 2.24) is 29.1 Å². The third-order valence-corrected chi connectivity index (χ3v) is 18.1. The van der Waals surface area contributed by atoms with Gasteiger partial charge >= 0.3 is 0 Å². The smallest absolute Gasteiger partial charge is 0.164 e. The van der Waals surface area contributed by atoms with Gasteiger partial charge in [-0.3, -0.25) is 14.1 Å². The molecule has 0 amide bonds. The number of imidazole rings is 2. The summed E-state index contributed by atoms with van der Waals surface area (Å²) in [5.41, 5.74) is 18.9. The van der Waals surface area contributed by atoms with Gasteiger partial charge in [0.1, 0.15) is 11.5 Å². The molecule has 18 rings (SSSR count). The van der Waals surface area contributed by atoms with Crippen LogP contribution >= 0.6 is 0 Å². The Kier molecular flexibility index (Phi) is 11.8. The Hall–Kier alpha value is -12.1. The molecular formula is C84H52N6. The Morgan fingerprint density at radius 1 is 0.222 bits per heavy atom. The molecule has 0 radical (unpaired) electrons. The first-order valence-electron chi connectivity index (χ1n) is 30.6. The molecule has 14 aromatic carbocycles. The molecule has 0 aliphatic heterocycles. The Bertz CT molecular complexity index is 5820. The first kappa shape index (κ1) is 51.1. The van der Waals surface area contributed by atoms with Crippen LogP contribution < -0.4 is 0 Å². The fourth-order valence-corrected chi connectivity index (χ4v) is 14.1. The van der Waals surface area contributed by atoms with Crippen molar-refractivity contribution in [2.45, 2.75) is 0 Å². The van der Waals surface area contributed by atoms with Gasteiger partial charge in [-0.1, -0.05) is 218 Å². The lowest BCUT2D eigenvalue weighted by Gasteiger charge is -2.18. The maximum absolute atomic E-state index is 5.48. The van der Waals surface area contributed by atoms with Gasteiger partial charge in [0.15, 0.2) is 5.82 Å². The topological polar surface area (TPSA) is 61.4 Å². The van der Waals surface area contributed by atoms with E-state index in [2.05, 4.69) is 300 Å². The summed E-state index contributed by atoms with van der Waals surface area (Å²) in [6, 6.07) is 109. The van der Waals surface area contributed by atoms with Gasteiger partial charge in [-0.05, 0) is 189 Å². The second-order valence-electron chi connectivity index (χ2n) is 23.3. The summed E-state index contributed by atoms with van der Waals surface area (Å²) in [7, 11) is 0. The largest absolute Gasteiger partial charge is 0.292 e. The summed E-state index contributed by atoms with van der Waals surface area (Å²) >= 11 is 0. The van der Waals surface area contributed by atoms with Crippen LogP contribution in [0, 0.1) is 0 Å². The molecule has 6 nitrogen and oxygen atoms in total. The minimum Gasteiger partial charge on any atom is -0.292 e. The Labute approximate surface area is 518 Å². The van der Waals surface area contributed by atoms with Crippen LogP contribution in [-0.4, -0.2) is 29.1 Å². The Balaban J connectivity index is 0.712. The minimum atomic E-state index is 0.803. The molecule has 18 aromatic rings. The Morgan fingerprint density at radius 3 is 1.24 bits per heavy atom. The maximum atomic E-state index is 5.48. The number of nitrogens with zero attached hydrogens (tertiary/aromatic N) is 6. The summed E-state index contributed by atoms with van der Waals surface area (Å²) in [4.78, 5) is 21.1. The number of rotatable bonds is 9. The van der Waals surface area contributed by atoms with Crippen molar-refractivity contribution in [2.24, 2.45) is 0 Å². The molecule has 4 aromatic heterocycles. The summed E-state index contributed by atoms with van der Waals surface area (Å²) in [6.07, 6.45) is 3.97. The van der Waals surface area contributed by atoms with E-state index in [1.165, 1.54) is 65.2 Å². The maximum Gasteiger partial charge on any atom is 0.164 e. The van der Waals surface area contributed by atoms with E-state index < -0.39 is 0 Å². The van der Waals surface area contributed by atoms with Crippen LogP contribution in [0.3, 0.4) is 0 Å². The van der Waals surface area contributed by atoms with Gasteiger partial charge in [-0.2, -0.15) is 0 Å². The van der Waals surface area contributed by atoms with Gasteiger partial charge < -0.3 is 0 Å². The molecule has 0 saturated heterocycles. The predicted molar refractivity (Wildman–Crippen MR) is 374 cm³/mol. The number of aromatic nitrogens is 6. The highest BCUT2D eigenvalue weighted by Gasteiger charge is 2.23. The third-order valence-electron chi connectivity index (χ3n) is 18.1. The average molecular weight is 1150 g/mol. The van der Waals surface area contributed by atoms with Crippen molar-refractivity contribution in [2.75, 3.05) is 0 Å². The molecule has 0 aliphatic rings. The fourth-order valence-electron chi connectivity index (χ4n) is 14.1. The van der Waals surface area contributed by atoms with E-state index in [0.29, 0.717) is 0 Å². The number of hydrogen-bond acceptors (Lipinski definition) is 4. The summed E-state index contributed by atoms with van der Waals surface area (Å²) < 4.78 is 4.51. The van der Waals surface area contributed by atoms with E-state index >= 15 is 0 Å². The summed E-state index contributed by atoms with van der Waals surface area (Å²) in [5.74, 6) is 1.63. The zero-order valence-electron chi connectivity index (χ0n) is 48.7. The van der Waals surface area contributed by atoms with Gasteiger partial charge in [0.05, 0.1) is 27.8 Å². The standard InChI is InChI=1S/C84H52N6/c1-2-23-63(24-3-1)89-77-38-16-15-35-74(77)88-84(89)76-37-19-36-75(86-76)82-71-32-12-10-30-69(71)80(70-31-11-13-33-72(70)82)60-45-43-57-46-56(41-42-58(57)48-60)55-22-18-25-64(50-55)90-78-39-17-14-34-73(78)87-83(90)62-49-61(51-85-52-62)81-67-28-8-6-26-65(67)79(66-27-7-9-29-68(66)81)59-44-40-53-20-4-5-21-54(53)47-59/h1-52H. The number of benzene rings is 14. The second kappa shape index (κ2) is 20.8. The second-order valence-corrected chi connectivity index (χ2v) is 23.3. The van der Waals surface area contributed by atoms with E-state index in [1.807, 2.05) is 24.5 Å². The van der Waals surface area contributed by atoms with Gasteiger partial charge in [-0.25, -0.2) is 15.0 Å². The molecular weight excluding hydrogens is 1090 g/mol. The molecule has 0 saturated carbocycles. The highest BCUT2D eigenvalue weighted by Crippen LogP contribution is 2.47. The highest BCUT2D eigenvalue weighted by molar-refractivity contribution is 6.23. The predicted octanol–water partition coefficient (Wildman–Crippen LogP) is 21.7. The van der Waals surface area contributed by atoms with Crippen LogP contribution in [0.2, 0.25) is 0 Å². The number of para-hydroxylation sites is 5. The summed E-state index contributed by atoms with van der Waals surface area (Å²) in [6.45, 7) is 0. The first-order valence-corrected chi connectivity index (χ1v) is 30.6. The molecule has 418 valence electrons. The van der Waals surface area contributed by atoms with E-state index in [-0.39, 0.29) is 0 Å². The summed E-state index contributed by atoms with van der Waals surface area (Å²) in [5, 5.41) is 14.2. The fraction of sp³-hybridized carbons (Fsp3) is 0. The van der Waals surface area contributed by atoms with Crippen LogP contribution in [0.5, 0.6) is 0 Å². The lowest BCUT2D eigenvalue weighted by atomic mass is 9.86. The van der Waals surface area contributed by atoms with Gasteiger partial charge in [0.25, 0.3) is 0 Å². The number of fused-ring (bicyclic) bond motifs is 8. The molecule has 0 aliphatic carbocycles. The molecule has 0 bridgehead atoms. The molecule has 6 heteroatoms. The lowest BCUT2D eigenvalue weighted by molar-refractivity contribution is 1.08. The van der Waals surface area contributed by atoms with Crippen molar-refractivity contribution in [3.05, 3.63) is 316 Å². The van der Waals surface area contributed by atoms with Gasteiger partial charge in [0.2, 0.25) is 0 Å². The Morgan fingerprint density at radius 2 is 0.633 bits per heavy atom. The zero-order chi connectivity index (χ0) is 59.2. The molecule has 0 fully saturated rings. The van der Waals surface area contributed by atoms with Crippen LogP contribution in [0.15, 0.2) is 316 Å². The van der Waals surface area contributed by atoms with Gasteiger partial charge in [-0.15, -0.1) is 0 Å².